The molecule has 1 aromatic carbocycles. The Hall–Kier alpha value is -3.13. The van der Waals surface area contributed by atoms with Crippen molar-refractivity contribution in [1.29, 1.82) is 0 Å². The standard InChI is InChI=1S/C23H25ClN4O4/c1-12(2)31-22-18(24)10-16(11-25-22)20-27-21(32-28-20)14-5-7-19(13(3)8-14)26-17-6-4-15(9-17)23(29)30/h5,7-8,10-12,15,17,26H,4,6,9H2,1-3H3,(H,29,30)/t15-,17+/m1/s1. The van der Waals surface area contributed by atoms with Crippen molar-refractivity contribution >= 4 is 23.3 Å². The molecule has 2 atom stereocenters. The lowest BCUT2D eigenvalue weighted by atomic mass is 10.1. The maximum Gasteiger partial charge on any atom is 0.306 e. The van der Waals surface area contributed by atoms with Crippen LogP contribution in [0.3, 0.4) is 0 Å². The summed E-state index contributed by atoms with van der Waals surface area (Å²) in [5.41, 5.74) is 3.41. The van der Waals surface area contributed by atoms with E-state index in [1.807, 2.05) is 39.0 Å². The maximum absolute atomic E-state index is 11.2. The molecule has 168 valence electrons. The van der Waals surface area contributed by atoms with Crippen LogP contribution in [0.2, 0.25) is 5.02 Å². The summed E-state index contributed by atoms with van der Waals surface area (Å²) in [4.78, 5) is 19.9. The lowest BCUT2D eigenvalue weighted by molar-refractivity contribution is -0.141. The van der Waals surface area contributed by atoms with Gasteiger partial charge in [-0.25, -0.2) is 4.98 Å². The fourth-order valence-electron chi connectivity index (χ4n) is 3.83. The monoisotopic (exact) mass is 456 g/mol. The minimum absolute atomic E-state index is 0.0319. The number of ether oxygens (including phenoxy) is 1. The van der Waals surface area contributed by atoms with Gasteiger partial charge in [0.1, 0.15) is 5.02 Å². The van der Waals surface area contributed by atoms with Crippen molar-refractivity contribution in [2.24, 2.45) is 5.92 Å². The Morgan fingerprint density at radius 2 is 2.09 bits per heavy atom. The van der Waals surface area contributed by atoms with Crippen molar-refractivity contribution in [3.8, 4) is 28.7 Å². The molecule has 0 unspecified atom stereocenters. The fraction of sp³-hybridized carbons (Fsp3) is 0.391. The summed E-state index contributed by atoms with van der Waals surface area (Å²) in [5, 5.41) is 17.1. The first-order valence-corrected chi connectivity index (χ1v) is 10.9. The molecule has 1 aliphatic carbocycles. The zero-order valence-corrected chi connectivity index (χ0v) is 18.9. The molecule has 2 heterocycles. The number of benzene rings is 1. The van der Waals surface area contributed by atoms with Crippen LogP contribution in [-0.4, -0.2) is 38.3 Å². The summed E-state index contributed by atoms with van der Waals surface area (Å²) in [6.45, 7) is 5.80. The van der Waals surface area contributed by atoms with E-state index < -0.39 is 5.97 Å². The van der Waals surface area contributed by atoms with Gasteiger partial charge in [-0.2, -0.15) is 4.98 Å². The largest absolute Gasteiger partial charge is 0.481 e. The Balaban J connectivity index is 1.48. The fourth-order valence-corrected chi connectivity index (χ4v) is 4.04. The number of carboxylic acid groups (broad SMARTS) is 1. The molecule has 0 radical (unpaired) electrons. The Kier molecular flexibility index (Phi) is 6.32. The second-order valence-electron chi connectivity index (χ2n) is 8.32. The van der Waals surface area contributed by atoms with Crippen molar-refractivity contribution in [3.05, 3.63) is 41.0 Å². The van der Waals surface area contributed by atoms with E-state index in [0.29, 0.717) is 41.0 Å². The SMILES string of the molecule is Cc1cc(-c2nc(-c3cnc(OC(C)C)c(Cl)c3)no2)ccc1N[C@H]1CC[C@@H](C(=O)O)C1. The molecule has 0 bridgehead atoms. The van der Waals surface area contributed by atoms with Crippen molar-refractivity contribution < 1.29 is 19.2 Å². The van der Waals surface area contributed by atoms with Gasteiger partial charge in [-0.15, -0.1) is 0 Å². The van der Waals surface area contributed by atoms with Crippen molar-refractivity contribution in [2.75, 3.05) is 5.32 Å². The third-order valence-electron chi connectivity index (χ3n) is 5.45. The lowest BCUT2D eigenvalue weighted by Gasteiger charge is -2.16. The van der Waals surface area contributed by atoms with Crippen LogP contribution in [0, 0.1) is 12.8 Å². The van der Waals surface area contributed by atoms with Crippen molar-refractivity contribution in [1.82, 2.24) is 15.1 Å². The molecule has 0 spiro atoms. The topological polar surface area (TPSA) is 110 Å². The van der Waals surface area contributed by atoms with E-state index in [0.717, 1.165) is 23.2 Å². The maximum atomic E-state index is 11.2. The third-order valence-corrected chi connectivity index (χ3v) is 5.72. The van der Waals surface area contributed by atoms with Gasteiger partial charge in [-0.3, -0.25) is 4.79 Å². The molecular weight excluding hydrogens is 432 g/mol. The van der Waals surface area contributed by atoms with Crippen LogP contribution in [0.25, 0.3) is 22.8 Å². The van der Waals surface area contributed by atoms with Gasteiger partial charge in [-0.05, 0) is 69.9 Å². The van der Waals surface area contributed by atoms with Crippen molar-refractivity contribution in [3.63, 3.8) is 0 Å². The first-order valence-electron chi connectivity index (χ1n) is 10.6. The number of halogens is 1. The van der Waals surface area contributed by atoms with Gasteiger partial charge in [0.2, 0.25) is 11.7 Å². The zero-order valence-electron chi connectivity index (χ0n) is 18.1. The highest BCUT2D eigenvalue weighted by molar-refractivity contribution is 6.32. The number of hydrogen-bond acceptors (Lipinski definition) is 7. The number of nitrogens with zero attached hydrogens (tertiary/aromatic N) is 3. The number of carbonyl (C=O) groups is 1. The first-order chi connectivity index (χ1) is 15.3. The molecule has 9 heteroatoms. The molecule has 8 nitrogen and oxygen atoms in total. The molecule has 2 N–H and O–H groups in total. The molecule has 2 aromatic heterocycles. The number of aromatic nitrogens is 3. The summed E-state index contributed by atoms with van der Waals surface area (Å²) in [5.74, 6) is 0.158. The van der Waals surface area contributed by atoms with Crippen LogP contribution in [-0.2, 0) is 4.79 Å². The predicted octanol–water partition coefficient (Wildman–Crippen LogP) is 5.21. The van der Waals surface area contributed by atoms with E-state index >= 15 is 0 Å². The molecule has 3 aromatic rings. The third kappa shape index (κ3) is 4.85. The van der Waals surface area contributed by atoms with E-state index in [4.69, 9.17) is 20.9 Å². The number of rotatable bonds is 7. The molecule has 4 rings (SSSR count). The highest BCUT2D eigenvalue weighted by Gasteiger charge is 2.29. The smallest absolute Gasteiger partial charge is 0.306 e. The summed E-state index contributed by atoms with van der Waals surface area (Å²) in [6, 6.07) is 7.69. The van der Waals surface area contributed by atoms with Gasteiger partial charge in [0, 0.05) is 29.1 Å². The van der Waals surface area contributed by atoms with Crippen LogP contribution in [0.4, 0.5) is 5.69 Å². The number of pyridine rings is 1. The zero-order chi connectivity index (χ0) is 22.8. The minimum atomic E-state index is -0.716. The average Bonchev–Trinajstić information content (AvgIpc) is 3.41. The number of hydrogen-bond donors (Lipinski definition) is 2. The van der Waals surface area contributed by atoms with Gasteiger partial charge < -0.3 is 19.7 Å². The minimum Gasteiger partial charge on any atom is -0.481 e. The number of aryl methyl sites for hydroxylation is 1. The summed E-state index contributed by atoms with van der Waals surface area (Å²) in [7, 11) is 0. The average molecular weight is 457 g/mol. The van der Waals surface area contributed by atoms with Crippen LogP contribution in [0.5, 0.6) is 5.88 Å². The van der Waals surface area contributed by atoms with E-state index in [1.54, 1.807) is 12.3 Å². The Morgan fingerprint density at radius 3 is 2.75 bits per heavy atom. The van der Waals surface area contributed by atoms with E-state index in [2.05, 4.69) is 20.4 Å². The molecule has 0 amide bonds. The van der Waals surface area contributed by atoms with Crippen LogP contribution in [0.15, 0.2) is 35.0 Å². The molecule has 1 fully saturated rings. The summed E-state index contributed by atoms with van der Waals surface area (Å²) in [6.07, 6.45) is 3.76. The van der Waals surface area contributed by atoms with Gasteiger partial charge in [0.05, 0.1) is 12.0 Å². The molecule has 32 heavy (non-hydrogen) atoms. The number of carboxylic acids is 1. The second kappa shape index (κ2) is 9.16. The van der Waals surface area contributed by atoms with Gasteiger partial charge >= 0.3 is 5.97 Å². The normalized spacial score (nSPS) is 18.2. The van der Waals surface area contributed by atoms with Gasteiger partial charge in [0.25, 0.3) is 5.89 Å². The predicted molar refractivity (Wildman–Crippen MR) is 121 cm³/mol. The number of anilines is 1. The highest BCUT2D eigenvalue weighted by Crippen LogP contribution is 2.32. The van der Waals surface area contributed by atoms with Crippen LogP contribution < -0.4 is 10.1 Å². The Labute approximate surface area is 191 Å². The van der Waals surface area contributed by atoms with E-state index in [9.17, 15) is 9.90 Å². The van der Waals surface area contributed by atoms with E-state index in [-0.39, 0.29) is 18.1 Å². The van der Waals surface area contributed by atoms with Crippen molar-refractivity contribution in [2.45, 2.75) is 52.2 Å². The quantitative estimate of drug-likeness (QED) is 0.498. The second-order valence-corrected chi connectivity index (χ2v) is 8.73. The molecule has 1 aliphatic rings. The van der Waals surface area contributed by atoms with Crippen LogP contribution in [0.1, 0.15) is 38.7 Å². The summed E-state index contributed by atoms with van der Waals surface area (Å²) >= 11 is 6.27. The molecule has 1 saturated carbocycles. The number of aliphatic carboxylic acids is 1. The van der Waals surface area contributed by atoms with Gasteiger partial charge in [-0.1, -0.05) is 16.8 Å². The van der Waals surface area contributed by atoms with E-state index in [1.165, 1.54) is 0 Å². The first kappa shape index (κ1) is 22.1. The Bertz CT molecular complexity index is 1130. The Morgan fingerprint density at radius 1 is 1.28 bits per heavy atom. The molecule has 0 saturated heterocycles. The highest BCUT2D eigenvalue weighted by atomic mass is 35.5. The summed E-state index contributed by atoms with van der Waals surface area (Å²) < 4.78 is 11.0. The number of nitrogens with one attached hydrogen (secondary N) is 1. The lowest BCUT2D eigenvalue weighted by Crippen LogP contribution is -2.18. The molecule has 0 aliphatic heterocycles. The van der Waals surface area contributed by atoms with Gasteiger partial charge in [0.15, 0.2) is 0 Å². The van der Waals surface area contributed by atoms with Crippen LogP contribution >= 0.6 is 11.6 Å². The molecular formula is C23H25ClN4O4.